The fourth-order valence-electron chi connectivity index (χ4n) is 2.90. The lowest BCUT2D eigenvalue weighted by atomic mass is 10.1. The van der Waals surface area contributed by atoms with E-state index in [1.54, 1.807) is 49.4 Å². The van der Waals surface area contributed by atoms with E-state index >= 15 is 0 Å². The third-order valence-electron chi connectivity index (χ3n) is 4.28. The van der Waals surface area contributed by atoms with Crippen molar-refractivity contribution in [2.75, 3.05) is 0 Å². The highest BCUT2D eigenvalue weighted by molar-refractivity contribution is 8.26. The molecule has 146 valence electrons. The maximum atomic E-state index is 12.7. The van der Waals surface area contributed by atoms with E-state index in [-0.39, 0.29) is 18.1 Å². The van der Waals surface area contributed by atoms with E-state index in [1.165, 1.54) is 29.0 Å². The molecule has 0 aliphatic carbocycles. The molecular weight excluding hydrogens is 412 g/mol. The Labute approximate surface area is 175 Å². The number of nitro benzene ring substituents is 1. The first kappa shape index (κ1) is 19.2. The summed E-state index contributed by atoms with van der Waals surface area (Å²) in [5, 5.41) is 11.4. The van der Waals surface area contributed by atoms with Gasteiger partial charge in [-0.2, -0.15) is 0 Å². The summed E-state index contributed by atoms with van der Waals surface area (Å²) in [6, 6.07) is 11.8. The van der Waals surface area contributed by atoms with E-state index < -0.39 is 4.92 Å². The molecule has 0 spiro atoms. The smallest absolute Gasteiger partial charge is 0.280 e. The molecule has 1 amide bonds. The number of benzene rings is 1. The van der Waals surface area contributed by atoms with Crippen LogP contribution in [-0.2, 0) is 11.3 Å². The van der Waals surface area contributed by atoms with Crippen LogP contribution in [0.4, 0.5) is 5.69 Å². The first-order chi connectivity index (χ1) is 13.9. The molecule has 3 heterocycles. The summed E-state index contributed by atoms with van der Waals surface area (Å²) >= 11 is 6.48. The number of furan rings is 2. The molecule has 4 rings (SSSR count). The zero-order chi connectivity index (χ0) is 20.5. The number of nitro groups is 1. The number of carbonyl (C=O) groups excluding carboxylic acids is 1. The van der Waals surface area contributed by atoms with Crippen LogP contribution < -0.4 is 0 Å². The van der Waals surface area contributed by atoms with E-state index in [1.807, 2.05) is 0 Å². The number of amides is 1. The first-order valence-corrected chi connectivity index (χ1v) is 9.78. The minimum Gasteiger partial charge on any atom is -0.467 e. The summed E-state index contributed by atoms with van der Waals surface area (Å²) in [6.07, 6.45) is 3.13. The monoisotopic (exact) mass is 426 g/mol. The van der Waals surface area contributed by atoms with Gasteiger partial charge in [-0.05, 0) is 42.8 Å². The van der Waals surface area contributed by atoms with Crippen LogP contribution in [0.2, 0.25) is 0 Å². The molecule has 1 aromatic carbocycles. The average Bonchev–Trinajstić information content (AvgIpc) is 3.41. The first-order valence-electron chi connectivity index (χ1n) is 8.55. The van der Waals surface area contributed by atoms with Crippen LogP contribution in [0.25, 0.3) is 17.4 Å². The molecule has 0 N–H and O–H groups in total. The van der Waals surface area contributed by atoms with Gasteiger partial charge < -0.3 is 8.83 Å². The van der Waals surface area contributed by atoms with Crippen LogP contribution in [0, 0.1) is 17.0 Å². The molecule has 7 nitrogen and oxygen atoms in total. The van der Waals surface area contributed by atoms with Crippen LogP contribution in [0.5, 0.6) is 0 Å². The summed E-state index contributed by atoms with van der Waals surface area (Å²) < 4.78 is 11.5. The number of thiocarbonyl (C=S) groups is 1. The van der Waals surface area contributed by atoms with Gasteiger partial charge in [0.1, 0.15) is 21.6 Å². The van der Waals surface area contributed by atoms with Gasteiger partial charge >= 0.3 is 0 Å². The van der Waals surface area contributed by atoms with E-state index in [0.29, 0.717) is 32.1 Å². The van der Waals surface area contributed by atoms with Crippen molar-refractivity contribution in [2.24, 2.45) is 0 Å². The number of hydrogen-bond donors (Lipinski definition) is 0. The lowest BCUT2D eigenvalue weighted by Gasteiger charge is -2.11. The molecule has 3 aromatic rings. The van der Waals surface area contributed by atoms with Crippen LogP contribution >= 0.6 is 24.0 Å². The van der Waals surface area contributed by atoms with Gasteiger partial charge in [-0.15, -0.1) is 0 Å². The fourth-order valence-corrected chi connectivity index (χ4v) is 4.14. The molecular formula is C20H14N2O5S2. The highest BCUT2D eigenvalue weighted by Crippen LogP contribution is 2.36. The summed E-state index contributed by atoms with van der Waals surface area (Å²) in [5.41, 5.74) is 1.13. The summed E-state index contributed by atoms with van der Waals surface area (Å²) in [4.78, 5) is 25.5. The number of thioether (sulfide) groups is 1. The molecule has 0 radical (unpaired) electrons. The van der Waals surface area contributed by atoms with Crippen molar-refractivity contribution in [2.45, 2.75) is 13.5 Å². The fraction of sp³-hybridized carbons (Fsp3) is 0.100. The van der Waals surface area contributed by atoms with Crippen LogP contribution in [0.1, 0.15) is 17.1 Å². The third-order valence-corrected chi connectivity index (χ3v) is 5.66. The molecule has 29 heavy (non-hydrogen) atoms. The zero-order valence-corrected chi connectivity index (χ0v) is 16.8. The average molecular weight is 426 g/mol. The van der Waals surface area contributed by atoms with Crippen molar-refractivity contribution in [3.63, 3.8) is 0 Å². The maximum Gasteiger partial charge on any atom is 0.280 e. The Morgan fingerprint density at radius 3 is 2.83 bits per heavy atom. The second-order valence-electron chi connectivity index (χ2n) is 6.33. The Hall–Kier alpha value is -3.17. The third kappa shape index (κ3) is 3.87. The molecule has 0 unspecified atom stereocenters. The van der Waals surface area contributed by atoms with Gasteiger partial charge in [-0.25, -0.2) is 0 Å². The van der Waals surface area contributed by atoms with Crippen molar-refractivity contribution in [3.05, 3.63) is 80.8 Å². The largest absolute Gasteiger partial charge is 0.467 e. The molecule has 2 aromatic heterocycles. The normalized spacial score (nSPS) is 15.5. The number of rotatable bonds is 5. The predicted octanol–water partition coefficient (Wildman–Crippen LogP) is 5.16. The zero-order valence-electron chi connectivity index (χ0n) is 15.2. The number of hydrogen-bond acceptors (Lipinski definition) is 7. The van der Waals surface area contributed by atoms with Crippen molar-refractivity contribution in [3.8, 4) is 11.3 Å². The molecule has 1 saturated heterocycles. The van der Waals surface area contributed by atoms with Gasteiger partial charge in [-0.1, -0.05) is 30.0 Å². The van der Waals surface area contributed by atoms with Crippen molar-refractivity contribution in [1.82, 2.24) is 4.90 Å². The number of aryl methyl sites for hydroxylation is 1. The van der Waals surface area contributed by atoms with Gasteiger partial charge in [0, 0.05) is 12.1 Å². The molecule has 0 atom stereocenters. The number of carbonyl (C=O) groups is 1. The molecule has 9 heteroatoms. The summed E-state index contributed by atoms with van der Waals surface area (Å²) in [5.74, 6) is 1.16. The highest BCUT2D eigenvalue weighted by Gasteiger charge is 2.33. The van der Waals surface area contributed by atoms with Crippen LogP contribution in [0.3, 0.4) is 0 Å². The second kappa shape index (κ2) is 7.69. The van der Waals surface area contributed by atoms with Gasteiger partial charge in [0.15, 0.2) is 0 Å². The van der Waals surface area contributed by atoms with Gasteiger partial charge in [0.05, 0.1) is 28.2 Å². The quantitative estimate of drug-likeness (QED) is 0.241. The number of nitrogens with zero attached hydrogens (tertiary/aromatic N) is 2. The summed E-state index contributed by atoms with van der Waals surface area (Å²) in [7, 11) is 0. The minimum atomic E-state index is -0.440. The lowest BCUT2D eigenvalue weighted by Crippen LogP contribution is -2.27. The Morgan fingerprint density at radius 2 is 2.10 bits per heavy atom. The SMILES string of the molecule is Cc1ccc(-c2ccc(/C=C3/SC(=S)N(Cc4ccco4)C3=O)o2)c([N+](=O)[O-])c1. The molecule has 0 saturated carbocycles. The predicted molar refractivity (Wildman–Crippen MR) is 113 cm³/mol. The van der Waals surface area contributed by atoms with Crippen molar-refractivity contribution < 1.29 is 18.6 Å². The molecule has 1 aliphatic heterocycles. The molecule has 1 fully saturated rings. The molecule has 0 bridgehead atoms. The second-order valence-corrected chi connectivity index (χ2v) is 8.00. The lowest BCUT2D eigenvalue weighted by molar-refractivity contribution is -0.384. The van der Waals surface area contributed by atoms with Crippen LogP contribution in [0.15, 0.2) is 62.5 Å². The van der Waals surface area contributed by atoms with Crippen molar-refractivity contribution >= 4 is 46.0 Å². The minimum absolute atomic E-state index is 0.0318. The van der Waals surface area contributed by atoms with E-state index in [2.05, 4.69) is 0 Å². The van der Waals surface area contributed by atoms with Gasteiger partial charge in [0.25, 0.3) is 11.6 Å². The maximum absolute atomic E-state index is 12.7. The van der Waals surface area contributed by atoms with E-state index in [9.17, 15) is 14.9 Å². The standard InChI is InChI=1S/C20H14N2O5S2/c1-12-4-6-15(16(9-12)22(24)25)17-7-5-13(27-17)10-18-19(23)21(20(28)29-18)11-14-3-2-8-26-14/h2-10H,11H2,1H3/b18-10+. The van der Waals surface area contributed by atoms with Gasteiger partial charge in [-0.3, -0.25) is 19.8 Å². The topological polar surface area (TPSA) is 89.7 Å². The Morgan fingerprint density at radius 1 is 1.28 bits per heavy atom. The summed E-state index contributed by atoms with van der Waals surface area (Å²) in [6.45, 7) is 2.04. The Kier molecular flexibility index (Phi) is 5.08. The van der Waals surface area contributed by atoms with E-state index in [4.69, 9.17) is 21.1 Å². The van der Waals surface area contributed by atoms with Crippen LogP contribution in [-0.4, -0.2) is 20.1 Å². The van der Waals surface area contributed by atoms with Crippen molar-refractivity contribution in [1.29, 1.82) is 0 Å². The van der Waals surface area contributed by atoms with Gasteiger partial charge in [0.2, 0.25) is 0 Å². The molecule has 1 aliphatic rings. The highest BCUT2D eigenvalue weighted by atomic mass is 32.2. The van der Waals surface area contributed by atoms with E-state index in [0.717, 1.165) is 5.56 Å². The Balaban J connectivity index is 1.59. The Bertz CT molecular complexity index is 1150.